The van der Waals surface area contributed by atoms with Crippen LogP contribution in [0.15, 0.2) is 24.4 Å². The quantitative estimate of drug-likeness (QED) is 0.874. The van der Waals surface area contributed by atoms with E-state index in [-0.39, 0.29) is 17.9 Å². The largest absolute Gasteiger partial charge is 0.396 e. The van der Waals surface area contributed by atoms with Crippen molar-refractivity contribution in [2.45, 2.75) is 27.2 Å². The lowest BCUT2D eigenvalue weighted by atomic mass is 9.90. The summed E-state index contributed by atoms with van der Waals surface area (Å²) in [5.74, 6) is -0.181. The average molecular weight is 275 g/mol. The van der Waals surface area contributed by atoms with Crippen molar-refractivity contribution in [2.24, 2.45) is 5.41 Å². The molecule has 2 N–H and O–H groups in total. The van der Waals surface area contributed by atoms with E-state index < -0.39 is 0 Å². The number of aryl methyl sites for hydroxylation is 1. The van der Waals surface area contributed by atoms with Gasteiger partial charge in [0.05, 0.1) is 0 Å². The van der Waals surface area contributed by atoms with Gasteiger partial charge in [-0.25, -0.2) is 4.98 Å². The number of nitrogens with zero attached hydrogens (tertiary/aromatic N) is 2. The van der Waals surface area contributed by atoms with E-state index in [1.54, 1.807) is 6.20 Å². The lowest BCUT2D eigenvalue weighted by Crippen LogP contribution is -2.34. The second-order valence-electron chi connectivity index (χ2n) is 5.84. The summed E-state index contributed by atoms with van der Waals surface area (Å²) in [5.41, 5.74) is 2.10. The predicted octanol–water partition coefficient (Wildman–Crippen LogP) is 1.78. The third-order valence-corrected chi connectivity index (χ3v) is 3.44. The fourth-order valence-electron chi connectivity index (χ4n) is 2.06. The van der Waals surface area contributed by atoms with Crippen LogP contribution in [0.4, 0.5) is 0 Å². The van der Waals surface area contributed by atoms with Gasteiger partial charge in [0.2, 0.25) is 0 Å². The number of fused-ring (bicyclic) bond motifs is 1. The lowest BCUT2D eigenvalue weighted by Gasteiger charge is -2.23. The molecule has 2 aromatic heterocycles. The SMILES string of the molecule is Cc1cccc2nc(C(=O)NCC(C)(C)CCO)cn12. The van der Waals surface area contributed by atoms with Crippen LogP contribution < -0.4 is 5.32 Å². The molecule has 0 radical (unpaired) electrons. The van der Waals surface area contributed by atoms with E-state index in [4.69, 9.17) is 5.11 Å². The number of hydrogen-bond donors (Lipinski definition) is 2. The Morgan fingerprint density at radius 2 is 2.20 bits per heavy atom. The van der Waals surface area contributed by atoms with Gasteiger partial charge in [-0.2, -0.15) is 0 Å². The molecule has 108 valence electrons. The number of imidazole rings is 1. The zero-order valence-electron chi connectivity index (χ0n) is 12.2. The molecule has 1 amide bonds. The molecule has 2 rings (SSSR count). The Hall–Kier alpha value is -1.88. The van der Waals surface area contributed by atoms with Crippen molar-refractivity contribution in [3.63, 3.8) is 0 Å². The Morgan fingerprint density at radius 1 is 1.45 bits per heavy atom. The van der Waals surface area contributed by atoms with E-state index in [1.165, 1.54) is 0 Å². The number of hydrogen-bond acceptors (Lipinski definition) is 3. The van der Waals surface area contributed by atoms with Crippen LogP contribution in [0.3, 0.4) is 0 Å². The summed E-state index contributed by atoms with van der Waals surface area (Å²) in [6, 6.07) is 5.77. The van der Waals surface area contributed by atoms with Gasteiger partial charge in [-0.3, -0.25) is 4.79 Å². The third-order valence-electron chi connectivity index (χ3n) is 3.44. The number of aliphatic hydroxyl groups is 1. The van der Waals surface area contributed by atoms with Crippen LogP contribution >= 0.6 is 0 Å². The highest BCUT2D eigenvalue weighted by Crippen LogP contribution is 2.18. The first-order chi connectivity index (χ1) is 9.43. The van der Waals surface area contributed by atoms with Gasteiger partial charge < -0.3 is 14.8 Å². The number of pyridine rings is 1. The number of rotatable bonds is 5. The molecule has 0 aliphatic rings. The second-order valence-corrected chi connectivity index (χ2v) is 5.84. The minimum absolute atomic E-state index is 0.121. The van der Waals surface area contributed by atoms with Crippen molar-refractivity contribution in [3.05, 3.63) is 35.8 Å². The fourth-order valence-corrected chi connectivity index (χ4v) is 2.06. The van der Waals surface area contributed by atoms with Crippen molar-refractivity contribution in [3.8, 4) is 0 Å². The molecular formula is C15H21N3O2. The smallest absolute Gasteiger partial charge is 0.271 e. The molecule has 0 atom stereocenters. The van der Waals surface area contributed by atoms with Crippen LogP contribution in [0.1, 0.15) is 36.5 Å². The van der Waals surface area contributed by atoms with Crippen molar-refractivity contribution in [1.29, 1.82) is 0 Å². The van der Waals surface area contributed by atoms with Crippen molar-refractivity contribution in [1.82, 2.24) is 14.7 Å². The van der Waals surface area contributed by atoms with E-state index in [9.17, 15) is 4.79 Å². The van der Waals surface area contributed by atoms with Crippen LogP contribution in [0, 0.1) is 12.3 Å². The van der Waals surface area contributed by atoms with Gasteiger partial charge in [0.15, 0.2) is 0 Å². The number of carbonyl (C=O) groups is 1. The highest BCUT2D eigenvalue weighted by Gasteiger charge is 2.19. The fraction of sp³-hybridized carbons (Fsp3) is 0.467. The summed E-state index contributed by atoms with van der Waals surface area (Å²) in [7, 11) is 0. The van der Waals surface area contributed by atoms with Gasteiger partial charge >= 0.3 is 0 Å². The maximum Gasteiger partial charge on any atom is 0.271 e. The van der Waals surface area contributed by atoms with Gasteiger partial charge in [0.25, 0.3) is 5.91 Å². The van der Waals surface area contributed by atoms with Crippen LogP contribution in [-0.2, 0) is 0 Å². The Balaban J connectivity index is 2.10. The van der Waals surface area contributed by atoms with Gasteiger partial charge in [0.1, 0.15) is 11.3 Å². The molecule has 0 fully saturated rings. The highest BCUT2D eigenvalue weighted by atomic mass is 16.3. The summed E-state index contributed by atoms with van der Waals surface area (Å²) in [6.07, 6.45) is 2.40. The van der Waals surface area contributed by atoms with Gasteiger partial charge in [-0.1, -0.05) is 19.9 Å². The molecule has 5 heteroatoms. The zero-order chi connectivity index (χ0) is 14.8. The Bertz CT molecular complexity index is 617. The first-order valence-corrected chi connectivity index (χ1v) is 6.77. The topological polar surface area (TPSA) is 66.6 Å². The third kappa shape index (κ3) is 3.17. The molecule has 0 aliphatic heterocycles. The number of aromatic nitrogens is 2. The number of aliphatic hydroxyl groups excluding tert-OH is 1. The van der Waals surface area contributed by atoms with Crippen molar-refractivity contribution < 1.29 is 9.90 Å². The molecular weight excluding hydrogens is 254 g/mol. The molecule has 2 aromatic rings. The zero-order valence-corrected chi connectivity index (χ0v) is 12.2. The predicted molar refractivity (Wildman–Crippen MR) is 77.7 cm³/mol. The molecule has 0 aliphatic carbocycles. The summed E-state index contributed by atoms with van der Waals surface area (Å²) in [6.45, 7) is 6.63. The Kier molecular flexibility index (Phi) is 4.09. The summed E-state index contributed by atoms with van der Waals surface area (Å²) < 4.78 is 1.90. The number of nitrogens with one attached hydrogen (secondary N) is 1. The maximum atomic E-state index is 12.1. The van der Waals surface area contributed by atoms with E-state index in [1.807, 2.05) is 43.4 Å². The Labute approximate surface area is 118 Å². The van der Waals surface area contributed by atoms with Crippen molar-refractivity contribution in [2.75, 3.05) is 13.2 Å². The van der Waals surface area contributed by atoms with E-state index in [0.29, 0.717) is 18.7 Å². The van der Waals surface area contributed by atoms with Gasteiger partial charge in [0, 0.05) is 25.0 Å². The number of carbonyl (C=O) groups excluding carboxylic acids is 1. The van der Waals surface area contributed by atoms with Crippen molar-refractivity contribution >= 4 is 11.6 Å². The molecule has 0 bridgehead atoms. The minimum Gasteiger partial charge on any atom is -0.396 e. The lowest BCUT2D eigenvalue weighted by molar-refractivity contribution is 0.0924. The molecule has 0 unspecified atom stereocenters. The standard InChI is InChI=1S/C15H21N3O2/c1-11-5-4-6-13-17-12(9-18(11)13)14(20)16-10-15(2,3)7-8-19/h4-6,9,19H,7-8,10H2,1-3H3,(H,16,20). The molecule has 0 saturated heterocycles. The molecule has 0 saturated carbocycles. The normalized spacial score (nSPS) is 11.8. The molecule has 20 heavy (non-hydrogen) atoms. The van der Waals surface area contributed by atoms with E-state index in [2.05, 4.69) is 10.3 Å². The molecule has 0 spiro atoms. The highest BCUT2D eigenvalue weighted by molar-refractivity contribution is 5.92. The first-order valence-electron chi connectivity index (χ1n) is 6.77. The van der Waals surface area contributed by atoms with Crippen LogP contribution in [-0.4, -0.2) is 33.6 Å². The molecule has 5 nitrogen and oxygen atoms in total. The monoisotopic (exact) mass is 275 g/mol. The minimum atomic E-state index is -0.181. The van der Waals surface area contributed by atoms with Gasteiger partial charge in [-0.15, -0.1) is 0 Å². The molecule has 0 aromatic carbocycles. The summed E-state index contributed by atoms with van der Waals surface area (Å²) >= 11 is 0. The van der Waals surface area contributed by atoms with Crippen LogP contribution in [0.5, 0.6) is 0 Å². The summed E-state index contributed by atoms with van der Waals surface area (Å²) in [4.78, 5) is 16.4. The van der Waals surface area contributed by atoms with E-state index in [0.717, 1.165) is 11.3 Å². The second kappa shape index (κ2) is 5.63. The maximum absolute atomic E-state index is 12.1. The number of amides is 1. The van der Waals surface area contributed by atoms with Crippen LogP contribution in [0.2, 0.25) is 0 Å². The summed E-state index contributed by atoms with van der Waals surface area (Å²) in [5, 5.41) is 11.9. The first kappa shape index (κ1) is 14.5. The van der Waals surface area contributed by atoms with Gasteiger partial charge in [-0.05, 0) is 30.9 Å². The van der Waals surface area contributed by atoms with E-state index >= 15 is 0 Å². The average Bonchev–Trinajstić information content (AvgIpc) is 2.81. The molecule has 2 heterocycles. The Morgan fingerprint density at radius 3 is 2.85 bits per heavy atom. The van der Waals surface area contributed by atoms with Crippen LogP contribution in [0.25, 0.3) is 5.65 Å².